The number of aryl methyl sites for hydroxylation is 1. The lowest BCUT2D eigenvalue weighted by Gasteiger charge is -2.31. The lowest BCUT2D eigenvalue weighted by atomic mass is 9.80. The fourth-order valence-corrected chi connectivity index (χ4v) is 12.7. The third-order valence-electron chi connectivity index (χ3n) is 16.0. The maximum Gasteiger partial charge on any atom is 0.530 e. The molecule has 10 heteroatoms. The Morgan fingerprint density at radius 2 is 0.628 bits per heavy atom. The van der Waals surface area contributed by atoms with Gasteiger partial charge in [-0.05, 0) is 139 Å². The van der Waals surface area contributed by atoms with Crippen LogP contribution in [0.4, 0.5) is 0 Å². The summed E-state index contributed by atoms with van der Waals surface area (Å²) in [5, 5.41) is 0. The molecule has 0 aliphatic carbocycles. The first-order valence-electron chi connectivity index (χ1n) is 31.0. The van der Waals surface area contributed by atoms with Crippen molar-refractivity contribution in [3.63, 3.8) is 0 Å². The highest BCUT2D eigenvalue weighted by atomic mass is 31.2. The van der Waals surface area contributed by atoms with E-state index in [0.29, 0.717) is 57.1 Å². The topological polar surface area (TPSA) is 73.8 Å². The van der Waals surface area contributed by atoms with Crippen LogP contribution in [0.25, 0.3) is 11.1 Å². The highest BCUT2D eigenvalue weighted by Gasteiger charge is 2.36. The molecule has 86 heavy (non-hydrogen) atoms. The molecule has 0 saturated heterocycles. The minimum Gasteiger partial charge on any atom is -0.497 e. The summed E-state index contributed by atoms with van der Waals surface area (Å²) in [6.45, 7) is 60.1. The van der Waals surface area contributed by atoms with Crippen LogP contribution in [0.5, 0.6) is 46.0 Å². The van der Waals surface area contributed by atoms with Crippen molar-refractivity contribution >= 4 is 17.2 Å². The van der Waals surface area contributed by atoms with Gasteiger partial charge < -0.3 is 36.6 Å². The molecule has 8 nitrogen and oxygen atoms in total. The molecule has 0 bridgehead atoms. The third-order valence-corrected chi connectivity index (χ3v) is 18.0. The van der Waals surface area contributed by atoms with Gasteiger partial charge in [-0.15, -0.1) is 0 Å². The molecule has 0 radical (unpaired) electrons. The van der Waals surface area contributed by atoms with Crippen molar-refractivity contribution in [2.24, 2.45) is 0 Å². The van der Waals surface area contributed by atoms with Crippen molar-refractivity contribution in [3.05, 3.63) is 153 Å². The zero-order valence-corrected chi connectivity index (χ0v) is 60.2. The molecule has 0 amide bonds. The van der Waals surface area contributed by atoms with Crippen LogP contribution >= 0.6 is 17.2 Å². The molecule has 0 aromatic heterocycles. The molecular formula is C76H108O8P2. The molecule has 6 aromatic rings. The van der Waals surface area contributed by atoms with Crippen molar-refractivity contribution in [2.75, 3.05) is 14.2 Å². The van der Waals surface area contributed by atoms with Crippen LogP contribution in [-0.4, -0.2) is 14.2 Å². The molecule has 0 aliphatic rings. The first-order valence-corrected chi connectivity index (χ1v) is 33.2. The van der Waals surface area contributed by atoms with Gasteiger partial charge in [-0.2, -0.15) is 0 Å². The van der Waals surface area contributed by atoms with E-state index in [2.05, 4.69) is 259 Å². The molecule has 0 fully saturated rings. The zero-order valence-electron chi connectivity index (χ0n) is 58.4. The van der Waals surface area contributed by atoms with Crippen LogP contribution < -0.4 is 36.6 Å². The Labute approximate surface area is 524 Å². The second-order valence-corrected chi connectivity index (χ2v) is 33.9. The van der Waals surface area contributed by atoms with Gasteiger partial charge in [0.2, 0.25) is 0 Å². The number of benzene rings is 6. The lowest BCUT2D eigenvalue weighted by molar-refractivity contribution is 0.370. The molecule has 0 spiro atoms. The summed E-state index contributed by atoms with van der Waals surface area (Å²) in [5.41, 5.74) is 10.6. The van der Waals surface area contributed by atoms with E-state index in [0.717, 1.165) is 46.2 Å². The Bertz CT molecular complexity index is 3160. The first-order chi connectivity index (χ1) is 39.3. The van der Waals surface area contributed by atoms with E-state index in [9.17, 15) is 0 Å². The summed E-state index contributed by atoms with van der Waals surface area (Å²) in [5.74, 6) is 5.15. The van der Waals surface area contributed by atoms with Crippen LogP contribution in [0, 0.1) is 6.92 Å². The normalized spacial score (nSPS) is 13.4. The van der Waals surface area contributed by atoms with Crippen molar-refractivity contribution in [3.8, 4) is 57.1 Å². The number of hydrogen-bond donors (Lipinski definition) is 0. The van der Waals surface area contributed by atoms with Gasteiger partial charge in [0.1, 0.15) is 46.0 Å². The number of hydrogen-bond acceptors (Lipinski definition) is 8. The number of methoxy groups -OCH3 is 2. The van der Waals surface area contributed by atoms with E-state index in [4.69, 9.17) is 36.6 Å². The largest absolute Gasteiger partial charge is 0.530 e. The average Bonchev–Trinajstić information content (AvgIpc) is 1.10. The predicted octanol–water partition coefficient (Wildman–Crippen LogP) is 23.5. The number of rotatable bonds is 18. The second kappa shape index (κ2) is 26.0. The van der Waals surface area contributed by atoms with Crippen LogP contribution in [0.3, 0.4) is 0 Å². The monoisotopic (exact) mass is 1210 g/mol. The highest BCUT2D eigenvalue weighted by molar-refractivity contribution is 7.43. The summed E-state index contributed by atoms with van der Waals surface area (Å²) >= 11 is 0. The molecular weight excluding hydrogens is 1100 g/mol. The van der Waals surface area contributed by atoms with Crippen LogP contribution in [0.2, 0.25) is 0 Å². The zero-order chi connectivity index (χ0) is 64.7. The third kappa shape index (κ3) is 17.3. The Hall–Kier alpha value is -5.42. The highest BCUT2D eigenvalue weighted by Crippen LogP contribution is 2.57. The summed E-state index contributed by atoms with van der Waals surface area (Å²) < 4.78 is 57.1. The van der Waals surface area contributed by atoms with Gasteiger partial charge in [-0.3, -0.25) is 0 Å². The molecule has 6 rings (SSSR count). The molecule has 0 saturated carbocycles. The maximum absolute atomic E-state index is 7.70. The first kappa shape index (κ1) is 69.7. The Morgan fingerprint density at radius 3 is 0.895 bits per heavy atom. The Balaban J connectivity index is 1.70. The maximum atomic E-state index is 7.70. The van der Waals surface area contributed by atoms with Crippen molar-refractivity contribution in [1.82, 2.24) is 0 Å². The molecule has 0 aliphatic heterocycles. The van der Waals surface area contributed by atoms with E-state index in [1.54, 1.807) is 14.2 Å². The quantitative estimate of drug-likeness (QED) is 0.0788. The standard InChI is InChI=1S/C76H108O8P2/c1-30-31-48(2)56-45-55(78-29)47-58(68(56)84-86(81-65-38-34-52(71(10,11)12)43-61(65)75(22,23)24)82-66-39-35-53(72(13,14)15)44-62(66)76(25,26)27)57-46-54(77-28)40-49(3)67(57)83-85(79-63-36-32-50(69(4,5)6)41-59(63)73(16,17)18)80-64-37-33-51(70(7,8)9)42-60(64)74(19,20)21/h32-48H,30-31H2,1-29H3. The molecule has 6 aromatic carbocycles. The van der Waals surface area contributed by atoms with E-state index in [1.165, 1.54) is 22.3 Å². The van der Waals surface area contributed by atoms with Crippen molar-refractivity contribution in [1.29, 1.82) is 0 Å². The Kier molecular flexibility index (Phi) is 21.0. The summed E-state index contributed by atoms with van der Waals surface area (Å²) in [6, 6.07) is 34.3. The van der Waals surface area contributed by atoms with Gasteiger partial charge in [0, 0.05) is 38.9 Å². The molecule has 0 N–H and O–H groups in total. The molecule has 1 unspecified atom stereocenters. The van der Waals surface area contributed by atoms with E-state index in [1.807, 2.05) is 25.1 Å². The van der Waals surface area contributed by atoms with Crippen LogP contribution in [0.15, 0.2) is 97.1 Å². The van der Waals surface area contributed by atoms with Crippen LogP contribution in [-0.2, 0) is 43.3 Å². The SMILES string of the molecule is CCCC(C)c1cc(OC)cc(-c2cc(OC)cc(C)c2OP(Oc2ccc(C(C)(C)C)cc2C(C)(C)C)Oc2ccc(C(C)(C)C)cc2C(C)(C)C)c1OP(Oc1ccc(C(C)(C)C)cc1C(C)(C)C)Oc1ccc(C(C)(C)C)cc1C(C)(C)C. The van der Waals surface area contributed by atoms with E-state index < -0.39 is 17.2 Å². The van der Waals surface area contributed by atoms with Gasteiger partial charge in [-0.25, -0.2) is 0 Å². The van der Waals surface area contributed by atoms with Gasteiger partial charge in [0.05, 0.1) is 14.2 Å². The summed E-state index contributed by atoms with van der Waals surface area (Å²) in [4.78, 5) is 0. The minimum absolute atomic E-state index is 0.00625. The average molecular weight is 1210 g/mol. The van der Waals surface area contributed by atoms with Crippen molar-refractivity contribution in [2.45, 2.75) is 249 Å². The predicted molar refractivity (Wildman–Crippen MR) is 366 cm³/mol. The number of ether oxygens (including phenoxy) is 2. The molecule has 470 valence electrons. The van der Waals surface area contributed by atoms with Gasteiger partial charge in [-0.1, -0.05) is 235 Å². The summed E-state index contributed by atoms with van der Waals surface area (Å²) in [6.07, 6.45) is 1.81. The van der Waals surface area contributed by atoms with Crippen LogP contribution in [0.1, 0.15) is 254 Å². The van der Waals surface area contributed by atoms with E-state index >= 15 is 0 Å². The lowest BCUT2D eigenvalue weighted by Crippen LogP contribution is -2.19. The Morgan fingerprint density at radius 1 is 0.349 bits per heavy atom. The minimum atomic E-state index is -2.29. The fraction of sp³-hybridized carbons (Fsp3) is 0.526. The van der Waals surface area contributed by atoms with Crippen molar-refractivity contribution < 1.29 is 36.6 Å². The fourth-order valence-electron chi connectivity index (χ4n) is 10.4. The summed E-state index contributed by atoms with van der Waals surface area (Å²) in [7, 11) is -1.15. The van der Waals surface area contributed by atoms with E-state index in [-0.39, 0.29) is 49.2 Å². The molecule has 0 heterocycles. The smallest absolute Gasteiger partial charge is 0.497 e. The molecule has 1 atom stereocenters. The van der Waals surface area contributed by atoms with Gasteiger partial charge >= 0.3 is 17.2 Å². The van der Waals surface area contributed by atoms with Gasteiger partial charge in [0.15, 0.2) is 0 Å². The second-order valence-electron chi connectivity index (χ2n) is 31.9. The van der Waals surface area contributed by atoms with Gasteiger partial charge in [0.25, 0.3) is 0 Å².